The molecule has 0 atom stereocenters. The van der Waals surface area contributed by atoms with Gasteiger partial charge in [0, 0.05) is 12.1 Å². The Morgan fingerprint density at radius 2 is 1.91 bits per heavy atom. The van der Waals surface area contributed by atoms with Crippen molar-refractivity contribution in [3.8, 4) is 0 Å². The van der Waals surface area contributed by atoms with Crippen molar-refractivity contribution < 1.29 is 9.18 Å². The Bertz CT molecular complexity index is 679. The van der Waals surface area contributed by atoms with Gasteiger partial charge in [-0.25, -0.2) is 4.39 Å². The summed E-state index contributed by atoms with van der Waals surface area (Å²) in [4.78, 5) is 11.8. The number of hydrogen-bond donors (Lipinski definition) is 2. The first kappa shape index (κ1) is 16.4. The average molecular weight is 337 g/mol. The van der Waals surface area contributed by atoms with Crippen molar-refractivity contribution >= 4 is 40.5 Å². The van der Waals surface area contributed by atoms with Gasteiger partial charge in [0.15, 0.2) is 5.11 Å². The van der Waals surface area contributed by atoms with E-state index in [2.05, 4.69) is 10.6 Å². The highest BCUT2D eigenvalue weighted by molar-refractivity contribution is 7.80. The third-order valence-corrected chi connectivity index (χ3v) is 3.41. The number of amides is 1. The lowest BCUT2D eigenvalue weighted by Crippen LogP contribution is -2.34. The van der Waals surface area contributed by atoms with E-state index in [1.807, 2.05) is 30.3 Å². The van der Waals surface area contributed by atoms with Crippen LogP contribution in [-0.4, -0.2) is 11.0 Å². The van der Waals surface area contributed by atoms with Crippen LogP contribution in [0, 0.1) is 5.82 Å². The lowest BCUT2D eigenvalue weighted by Gasteiger charge is -2.10. The quantitative estimate of drug-likeness (QED) is 0.831. The van der Waals surface area contributed by atoms with Gasteiger partial charge in [-0.1, -0.05) is 41.9 Å². The Labute approximate surface area is 138 Å². The fourth-order valence-electron chi connectivity index (χ4n) is 1.83. The van der Waals surface area contributed by atoms with E-state index >= 15 is 0 Å². The largest absolute Gasteiger partial charge is 0.332 e. The highest BCUT2D eigenvalue weighted by Crippen LogP contribution is 2.19. The molecule has 0 aliphatic heterocycles. The SMILES string of the molecule is O=C(CCc1ccccc1)NC(=S)Nc1ccc(F)c(Cl)c1. The maximum Gasteiger partial charge on any atom is 0.226 e. The number of hydrogen-bond acceptors (Lipinski definition) is 2. The van der Waals surface area contributed by atoms with Crippen LogP contribution in [0.1, 0.15) is 12.0 Å². The van der Waals surface area contributed by atoms with E-state index in [9.17, 15) is 9.18 Å². The zero-order valence-electron chi connectivity index (χ0n) is 11.6. The van der Waals surface area contributed by atoms with E-state index in [-0.39, 0.29) is 16.0 Å². The van der Waals surface area contributed by atoms with E-state index in [0.717, 1.165) is 5.56 Å². The lowest BCUT2D eigenvalue weighted by atomic mass is 10.1. The standard InChI is InChI=1S/C16H14ClFN2OS/c17-13-10-12(7-8-14(13)18)19-16(22)20-15(21)9-6-11-4-2-1-3-5-11/h1-5,7-8,10H,6,9H2,(H2,19,20,21,22). The van der Waals surface area contributed by atoms with Crippen molar-refractivity contribution in [2.45, 2.75) is 12.8 Å². The smallest absolute Gasteiger partial charge is 0.226 e. The normalized spacial score (nSPS) is 10.1. The first-order valence-electron chi connectivity index (χ1n) is 6.64. The average Bonchev–Trinajstić information content (AvgIpc) is 2.50. The van der Waals surface area contributed by atoms with Crippen LogP contribution in [0.15, 0.2) is 48.5 Å². The summed E-state index contributed by atoms with van der Waals surface area (Å²) in [6.07, 6.45) is 0.966. The van der Waals surface area contributed by atoms with E-state index in [1.54, 1.807) is 0 Å². The van der Waals surface area contributed by atoms with E-state index in [1.165, 1.54) is 18.2 Å². The number of benzene rings is 2. The van der Waals surface area contributed by atoms with Gasteiger partial charge >= 0.3 is 0 Å². The third-order valence-electron chi connectivity index (χ3n) is 2.91. The molecule has 0 fully saturated rings. The summed E-state index contributed by atoms with van der Waals surface area (Å²) in [5, 5.41) is 5.51. The van der Waals surface area contributed by atoms with Crippen molar-refractivity contribution in [3.05, 3.63) is 64.9 Å². The van der Waals surface area contributed by atoms with Gasteiger partial charge in [0.1, 0.15) is 5.82 Å². The zero-order valence-corrected chi connectivity index (χ0v) is 13.2. The van der Waals surface area contributed by atoms with Crippen LogP contribution in [0.4, 0.5) is 10.1 Å². The summed E-state index contributed by atoms with van der Waals surface area (Å²) in [5.74, 6) is -0.695. The third kappa shape index (κ3) is 5.09. The van der Waals surface area contributed by atoms with Gasteiger partial charge in [-0.05, 0) is 42.4 Å². The van der Waals surface area contributed by atoms with Crippen LogP contribution < -0.4 is 10.6 Å². The fourth-order valence-corrected chi connectivity index (χ4v) is 2.24. The maximum atomic E-state index is 13.0. The molecular formula is C16H14ClFN2OS. The second-order valence-electron chi connectivity index (χ2n) is 4.62. The molecule has 0 aromatic heterocycles. The van der Waals surface area contributed by atoms with Crippen molar-refractivity contribution in [1.29, 1.82) is 0 Å². The number of nitrogens with one attached hydrogen (secondary N) is 2. The maximum absolute atomic E-state index is 13.0. The molecule has 0 radical (unpaired) electrons. The number of rotatable bonds is 4. The van der Waals surface area contributed by atoms with Crippen molar-refractivity contribution in [2.75, 3.05) is 5.32 Å². The molecule has 2 aromatic rings. The topological polar surface area (TPSA) is 41.1 Å². The molecule has 0 bridgehead atoms. The van der Waals surface area contributed by atoms with E-state index in [4.69, 9.17) is 23.8 Å². The molecule has 0 aliphatic carbocycles. The van der Waals surface area contributed by atoms with Gasteiger partial charge < -0.3 is 10.6 Å². The van der Waals surface area contributed by atoms with Crippen LogP contribution in [0.2, 0.25) is 5.02 Å². The molecule has 0 saturated heterocycles. The number of halogens is 2. The molecule has 0 spiro atoms. The molecule has 0 aliphatic rings. The number of aryl methyl sites for hydroxylation is 1. The van der Waals surface area contributed by atoms with E-state index in [0.29, 0.717) is 18.5 Å². The van der Waals surface area contributed by atoms with Crippen molar-refractivity contribution in [1.82, 2.24) is 5.32 Å². The highest BCUT2D eigenvalue weighted by Gasteiger charge is 2.07. The first-order valence-corrected chi connectivity index (χ1v) is 7.43. The summed E-state index contributed by atoms with van der Waals surface area (Å²) < 4.78 is 13.0. The molecule has 0 saturated carbocycles. The molecule has 2 N–H and O–H groups in total. The monoisotopic (exact) mass is 336 g/mol. The molecule has 1 amide bonds. The van der Waals surface area contributed by atoms with Crippen LogP contribution in [0.3, 0.4) is 0 Å². The van der Waals surface area contributed by atoms with Crippen LogP contribution in [0.25, 0.3) is 0 Å². The lowest BCUT2D eigenvalue weighted by molar-refractivity contribution is -0.119. The predicted octanol–water partition coefficient (Wildman–Crippen LogP) is 3.92. The molecule has 0 heterocycles. The zero-order chi connectivity index (χ0) is 15.9. The number of carbonyl (C=O) groups is 1. The van der Waals surface area contributed by atoms with Gasteiger partial charge in [-0.2, -0.15) is 0 Å². The molecule has 6 heteroatoms. The van der Waals surface area contributed by atoms with Crippen LogP contribution >= 0.6 is 23.8 Å². The second kappa shape index (κ2) is 7.87. The molecule has 3 nitrogen and oxygen atoms in total. The molecular weight excluding hydrogens is 323 g/mol. The predicted molar refractivity (Wildman–Crippen MR) is 90.5 cm³/mol. The molecule has 2 aromatic carbocycles. The Morgan fingerprint density at radius 1 is 1.18 bits per heavy atom. The first-order chi connectivity index (χ1) is 10.5. The van der Waals surface area contributed by atoms with Crippen molar-refractivity contribution in [2.24, 2.45) is 0 Å². The van der Waals surface area contributed by atoms with Gasteiger partial charge in [0.2, 0.25) is 5.91 Å². The van der Waals surface area contributed by atoms with Crippen LogP contribution in [0.5, 0.6) is 0 Å². The Kier molecular flexibility index (Phi) is 5.86. The van der Waals surface area contributed by atoms with Gasteiger partial charge in [-0.3, -0.25) is 4.79 Å². The fraction of sp³-hybridized carbons (Fsp3) is 0.125. The van der Waals surface area contributed by atoms with Crippen LogP contribution in [-0.2, 0) is 11.2 Å². The van der Waals surface area contributed by atoms with Gasteiger partial charge in [0.05, 0.1) is 5.02 Å². The summed E-state index contributed by atoms with van der Waals surface area (Å²) >= 11 is 10.7. The Balaban J connectivity index is 1.81. The number of thiocarbonyl (C=S) groups is 1. The minimum Gasteiger partial charge on any atom is -0.332 e. The number of anilines is 1. The molecule has 0 unspecified atom stereocenters. The minimum absolute atomic E-state index is 0.0109. The summed E-state index contributed by atoms with van der Waals surface area (Å²) in [6, 6.07) is 13.8. The highest BCUT2D eigenvalue weighted by atomic mass is 35.5. The second-order valence-corrected chi connectivity index (χ2v) is 5.43. The Morgan fingerprint density at radius 3 is 2.59 bits per heavy atom. The molecule has 22 heavy (non-hydrogen) atoms. The van der Waals surface area contributed by atoms with Crippen molar-refractivity contribution in [3.63, 3.8) is 0 Å². The van der Waals surface area contributed by atoms with E-state index < -0.39 is 5.82 Å². The summed E-state index contributed by atoms with van der Waals surface area (Å²) in [7, 11) is 0. The summed E-state index contributed by atoms with van der Waals surface area (Å²) in [5.41, 5.74) is 1.60. The Hall–Kier alpha value is -1.98. The molecule has 2 rings (SSSR count). The van der Waals surface area contributed by atoms with Gasteiger partial charge in [-0.15, -0.1) is 0 Å². The minimum atomic E-state index is -0.509. The summed E-state index contributed by atoms with van der Waals surface area (Å²) in [6.45, 7) is 0. The molecule has 114 valence electrons. The number of carbonyl (C=O) groups excluding carboxylic acids is 1. The van der Waals surface area contributed by atoms with Gasteiger partial charge in [0.25, 0.3) is 0 Å².